The van der Waals surface area contributed by atoms with Gasteiger partial charge in [0.25, 0.3) is 10.2 Å². The lowest BCUT2D eigenvalue weighted by Gasteiger charge is -2.27. The second-order valence-corrected chi connectivity index (χ2v) is 9.50. The molecule has 1 aliphatic heterocycles. The van der Waals surface area contributed by atoms with E-state index in [0.29, 0.717) is 26.2 Å². The lowest BCUT2D eigenvalue weighted by atomic mass is 10.1. The van der Waals surface area contributed by atoms with Gasteiger partial charge in [0.15, 0.2) is 0 Å². The number of rotatable bonds is 7. The maximum Gasteiger partial charge on any atom is 0.282 e. The van der Waals surface area contributed by atoms with Crippen molar-refractivity contribution in [2.75, 3.05) is 19.6 Å². The SMILES string of the molecule is Cc1ccc(CN(CCc2ccccc2)S(=O)(=O)N2CCCC2)s1. The van der Waals surface area contributed by atoms with Crippen LogP contribution in [-0.4, -0.2) is 36.7 Å². The summed E-state index contributed by atoms with van der Waals surface area (Å²) < 4.78 is 29.3. The van der Waals surface area contributed by atoms with Crippen LogP contribution in [0.25, 0.3) is 0 Å². The van der Waals surface area contributed by atoms with Crippen molar-refractivity contribution in [1.82, 2.24) is 8.61 Å². The van der Waals surface area contributed by atoms with Crippen LogP contribution in [0.4, 0.5) is 0 Å². The third kappa shape index (κ3) is 4.25. The summed E-state index contributed by atoms with van der Waals surface area (Å²) in [5, 5.41) is 0. The van der Waals surface area contributed by atoms with Gasteiger partial charge < -0.3 is 0 Å². The summed E-state index contributed by atoms with van der Waals surface area (Å²) in [7, 11) is -3.39. The number of nitrogens with zero attached hydrogens (tertiary/aromatic N) is 2. The maximum atomic E-state index is 13.0. The summed E-state index contributed by atoms with van der Waals surface area (Å²) >= 11 is 1.67. The summed E-state index contributed by atoms with van der Waals surface area (Å²) in [5.41, 5.74) is 1.17. The van der Waals surface area contributed by atoms with Gasteiger partial charge in [0.05, 0.1) is 0 Å². The molecule has 2 heterocycles. The Morgan fingerprint density at radius 2 is 1.79 bits per heavy atom. The zero-order chi connectivity index (χ0) is 17.0. The number of thiophene rings is 1. The third-order valence-corrected chi connectivity index (χ3v) is 7.31. The minimum atomic E-state index is -3.39. The minimum absolute atomic E-state index is 0.462. The van der Waals surface area contributed by atoms with Crippen molar-refractivity contribution in [2.24, 2.45) is 0 Å². The molecule has 0 saturated carbocycles. The zero-order valence-electron chi connectivity index (χ0n) is 14.0. The van der Waals surface area contributed by atoms with E-state index in [9.17, 15) is 8.42 Å². The van der Waals surface area contributed by atoms with Crippen LogP contribution in [0.1, 0.15) is 28.2 Å². The second-order valence-electron chi connectivity index (χ2n) is 6.20. The Hall–Kier alpha value is -1.21. The average molecular weight is 365 g/mol. The van der Waals surface area contributed by atoms with Crippen LogP contribution >= 0.6 is 11.3 Å². The Morgan fingerprint density at radius 3 is 2.42 bits per heavy atom. The van der Waals surface area contributed by atoms with Crippen molar-refractivity contribution >= 4 is 21.5 Å². The number of hydrogen-bond acceptors (Lipinski definition) is 3. The van der Waals surface area contributed by atoms with Crippen molar-refractivity contribution in [3.63, 3.8) is 0 Å². The first-order valence-electron chi connectivity index (χ1n) is 8.40. The molecule has 0 aliphatic carbocycles. The topological polar surface area (TPSA) is 40.6 Å². The molecule has 6 heteroatoms. The molecule has 0 radical (unpaired) electrons. The highest BCUT2D eigenvalue weighted by atomic mass is 32.2. The Balaban J connectivity index is 1.77. The van der Waals surface area contributed by atoms with E-state index in [2.05, 4.69) is 25.1 Å². The van der Waals surface area contributed by atoms with E-state index in [4.69, 9.17) is 0 Å². The molecule has 0 amide bonds. The molecular weight excluding hydrogens is 340 g/mol. The zero-order valence-corrected chi connectivity index (χ0v) is 15.7. The summed E-state index contributed by atoms with van der Waals surface area (Å²) in [4.78, 5) is 2.31. The number of benzene rings is 1. The predicted molar refractivity (Wildman–Crippen MR) is 99.3 cm³/mol. The van der Waals surface area contributed by atoms with Gasteiger partial charge in [0.2, 0.25) is 0 Å². The smallest absolute Gasteiger partial charge is 0.195 e. The van der Waals surface area contributed by atoms with Gasteiger partial charge in [0, 0.05) is 35.9 Å². The molecule has 1 saturated heterocycles. The first-order chi connectivity index (χ1) is 11.6. The fourth-order valence-corrected chi connectivity index (χ4v) is 5.66. The Morgan fingerprint density at radius 1 is 1.08 bits per heavy atom. The summed E-state index contributed by atoms with van der Waals surface area (Å²) in [6.07, 6.45) is 2.66. The molecule has 130 valence electrons. The van der Waals surface area contributed by atoms with Crippen molar-refractivity contribution < 1.29 is 8.42 Å². The molecule has 1 fully saturated rings. The molecule has 1 aromatic heterocycles. The molecule has 0 N–H and O–H groups in total. The lowest BCUT2D eigenvalue weighted by molar-refractivity contribution is 0.359. The molecule has 0 atom stereocenters. The molecule has 1 aromatic carbocycles. The first-order valence-corrected chi connectivity index (χ1v) is 10.6. The van der Waals surface area contributed by atoms with E-state index >= 15 is 0 Å². The molecule has 0 unspecified atom stereocenters. The van der Waals surface area contributed by atoms with Gasteiger partial charge in [-0.2, -0.15) is 17.0 Å². The third-order valence-electron chi connectivity index (χ3n) is 4.34. The van der Waals surface area contributed by atoms with E-state index in [1.54, 1.807) is 19.9 Å². The van der Waals surface area contributed by atoms with Gasteiger partial charge in [-0.3, -0.25) is 0 Å². The molecule has 24 heavy (non-hydrogen) atoms. The Kier molecular flexibility index (Phi) is 5.71. The predicted octanol–water partition coefficient (Wildman–Crippen LogP) is 3.44. The van der Waals surface area contributed by atoms with Crippen LogP contribution in [-0.2, 0) is 23.2 Å². The summed E-state index contributed by atoms with van der Waals surface area (Å²) in [5.74, 6) is 0. The van der Waals surface area contributed by atoms with Gasteiger partial charge in [-0.1, -0.05) is 30.3 Å². The Labute approximate surface area is 148 Å². The normalized spacial score (nSPS) is 16.1. The first kappa shape index (κ1) is 17.6. The van der Waals surface area contributed by atoms with Gasteiger partial charge in [-0.25, -0.2) is 0 Å². The van der Waals surface area contributed by atoms with Crippen LogP contribution in [0.5, 0.6) is 0 Å². The highest BCUT2D eigenvalue weighted by Crippen LogP contribution is 2.23. The van der Waals surface area contributed by atoms with Crippen LogP contribution in [0, 0.1) is 6.92 Å². The monoisotopic (exact) mass is 364 g/mol. The van der Waals surface area contributed by atoms with Crippen LogP contribution in [0.2, 0.25) is 0 Å². The van der Waals surface area contributed by atoms with E-state index < -0.39 is 10.2 Å². The number of aryl methyl sites for hydroxylation is 1. The van der Waals surface area contributed by atoms with E-state index in [0.717, 1.165) is 24.1 Å². The number of hydrogen-bond donors (Lipinski definition) is 0. The molecule has 2 aromatic rings. The molecule has 1 aliphatic rings. The second kappa shape index (κ2) is 7.78. The van der Waals surface area contributed by atoms with Crippen molar-refractivity contribution in [2.45, 2.75) is 32.7 Å². The van der Waals surface area contributed by atoms with Crippen LogP contribution in [0.15, 0.2) is 42.5 Å². The highest BCUT2D eigenvalue weighted by Gasteiger charge is 2.31. The van der Waals surface area contributed by atoms with Gasteiger partial charge in [-0.15, -0.1) is 11.3 Å². The van der Waals surface area contributed by atoms with Crippen LogP contribution < -0.4 is 0 Å². The van der Waals surface area contributed by atoms with E-state index in [-0.39, 0.29) is 0 Å². The van der Waals surface area contributed by atoms with E-state index in [1.165, 1.54) is 10.4 Å². The highest BCUT2D eigenvalue weighted by molar-refractivity contribution is 7.86. The summed E-state index contributed by atoms with van der Waals surface area (Å²) in [6.45, 7) is 4.32. The van der Waals surface area contributed by atoms with Crippen molar-refractivity contribution in [3.8, 4) is 0 Å². The lowest BCUT2D eigenvalue weighted by Crippen LogP contribution is -2.42. The molecule has 0 spiro atoms. The standard InChI is InChI=1S/C18H24N2O2S2/c1-16-9-10-18(23-16)15-20(14-11-17-7-3-2-4-8-17)24(21,22)19-12-5-6-13-19/h2-4,7-10H,5-6,11-15H2,1H3. The van der Waals surface area contributed by atoms with Crippen LogP contribution in [0.3, 0.4) is 0 Å². The quantitative estimate of drug-likeness (QED) is 0.755. The van der Waals surface area contributed by atoms with Gasteiger partial charge in [0.1, 0.15) is 0 Å². The van der Waals surface area contributed by atoms with Gasteiger partial charge >= 0.3 is 0 Å². The Bertz CT molecular complexity index is 750. The fourth-order valence-electron chi connectivity index (χ4n) is 3.00. The van der Waals surface area contributed by atoms with Crippen molar-refractivity contribution in [3.05, 3.63) is 57.8 Å². The largest absolute Gasteiger partial charge is 0.282 e. The average Bonchev–Trinajstić information content (AvgIpc) is 3.24. The molecular formula is C18H24N2O2S2. The van der Waals surface area contributed by atoms with E-state index in [1.807, 2.05) is 24.3 Å². The van der Waals surface area contributed by atoms with Gasteiger partial charge in [-0.05, 0) is 43.9 Å². The van der Waals surface area contributed by atoms with Crippen molar-refractivity contribution in [1.29, 1.82) is 0 Å². The molecule has 4 nitrogen and oxygen atoms in total. The minimum Gasteiger partial charge on any atom is -0.195 e. The molecule has 0 bridgehead atoms. The fraction of sp³-hybridized carbons (Fsp3) is 0.444. The summed E-state index contributed by atoms with van der Waals surface area (Å²) in [6, 6.07) is 14.2. The molecule has 3 rings (SSSR count). The maximum absolute atomic E-state index is 13.0.